The van der Waals surface area contributed by atoms with Crippen LogP contribution in [0.5, 0.6) is 5.75 Å². The summed E-state index contributed by atoms with van der Waals surface area (Å²) < 4.78 is 5.59. The molecule has 2 aromatic rings. The molecule has 98 valence electrons. The lowest BCUT2D eigenvalue weighted by Gasteiger charge is -2.10. The number of benzene rings is 1. The van der Waals surface area contributed by atoms with Crippen molar-refractivity contribution in [1.29, 1.82) is 0 Å². The summed E-state index contributed by atoms with van der Waals surface area (Å²) in [5.41, 5.74) is 0.863. The number of nitrogens with one attached hydrogen (secondary N) is 1. The molecule has 1 N–H and O–H groups in total. The highest BCUT2D eigenvalue weighted by Crippen LogP contribution is 2.22. The molecule has 0 saturated carbocycles. The fourth-order valence-corrected chi connectivity index (χ4v) is 1.66. The van der Waals surface area contributed by atoms with Gasteiger partial charge in [-0.3, -0.25) is 9.59 Å². The molecule has 5 heteroatoms. The molecule has 1 aromatic carbocycles. The highest BCUT2D eigenvalue weighted by Gasteiger charge is 2.06. The van der Waals surface area contributed by atoms with Crippen LogP contribution in [-0.2, 0) is 0 Å². The number of aldehydes is 1. The lowest BCUT2D eigenvalue weighted by atomic mass is 10.1. The molecule has 5 nitrogen and oxygen atoms in total. The maximum atomic E-state index is 11.3. The number of aromatic amines is 1. The number of rotatable bonds is 4. The summed E-state index contributed by atoms with van der Waals surface area (Å²) in [5, 5.41) is 6.23. The first-order valence-corrected chi connectivity index (χ1v) is 5.92. The third-order valence-electron chi connectivity index (χ3n) is 2.46. The fraction of sp³-hybridized carbons (Fsp3) is 0.214. The fourth-order valence-electron chi connectivity index (χ4n) is 1.66. The van der Waals surface area contributed by atoms with Gasteiger partial charge in [-0.05, 0) is 32.0 Å². The maximum absolute atomic E-state index is 11.3. The van der Waals surface area contributed by atoms with Gasteiger partial charge < -0.3 is 4.74 Å². The third-order valence-corrected chi connectivity index (χ3v) is 2.46. The predicted octanol–water partition coefficient (Wildman–Crippen LogP) is 2.04. The van der Waals surface area contributed by atoms with Crippen LogP contribution in [0, 0.1) is 0 Å². The molecule has 0 atom stereocenters. The standard InChI is InChI=1S/C14H14N2O3/c1-9(2)19-12-5-3-4-10(6-12)13-7-11(8-17)14(18)16-15-13/h3-9H,1-2H3,(H,16,18). The molecule has 0 aliphatic rings. The van der Waals surface area contributed by atoms with Crippen molar-refractivity contribution in [3.05, 3.63) is 46.2 Å². The summed E-state index contributed by atoms with van der Waals surface area (Å²) in [6.07, 6.45) is 0.586. The summed E-state index contributed by atoms with van der Waals surface area (Å²) in [6, 6.07) is 8.79. The van der Waals surface area contributed by atoms with Crippen molar-refractivity contribution in [2.75, 3.05) is 0 Å². The predicted molar refractivity (Wildman–Crippen MR) is 71.4 cm³/mol. The van der Waals surface area contributed by atoms with Crippen molar-refractivity contribution in [1.82, 2.24) is 10.2 Å². The molecule has 0 amide bonds. The average molecular weight is 258 g/mol. The van der Waals surface area contributed by atoms with Gasteiger partial charge in [0.1, 0.15) is 5.75 Å². The minimum absolute atomic E-state index is 0.0557. The molecule has 1 aromatic heterocycles. The number of nitrogens with zero attached hydrogens (tertiary/aromatic N) is 1. The number of carbonyl (C=O) groups is 1. The Labute approximate surface area is 110 Å². The van der Waals surface area contributed by atoms with E-state index in [2.05, 4.69) is 10.2 Å². The SMILES string of the molecule is CC(C)Oc1cccc(-c2cc(C=O)c(=O)[nH]n2)c1. The van der Waals surface area contributed by atoms with Crippen LogP contribution in [-0.4, -0.2) is 22.6 Å². The Morgan fingerprint density at radius 1 is 1.32 bits per heavy atom. The number of H-pyrrole nitrogens is 1. The van der Waals surface area contributed by atoms with Crippen molar-refractivity contribution in [2.45, 2.75) is 20.0 Å². The van der Waals surface area contributed by atoms with E-state index >= 15 is 0 Å². The summed E-state index contributed by atoms with van der Waals surface area (Å²) in [4.78, 5) is 22.0. The Morgan fingerprint density at radius 2 is 2.11 bits per heavy atom. The Hall–Kier alpha value is -2.43. The lowest BCUT2D eigenvalue weighted by Crippen LogP contribution is -2.13. The summed E-state index contributed by atoms with van der Waals surface area (Å²) in [5.74, 6) is 0.716. The molecule has 0 spiro atoms. The van der Waals surface area contributed by atoms with Crippen molar-refractivity contribution >= 4 is 6.29 Å². The molecular formula is C14H14N2O3. The van der Waals surface area contributed by atoms with Gasteiger partial charge in [0.2, 0.25) is 0 Å². The van der Waals surface area contributed by atoms with Gasteiger partial charge in [0.05, 0.1) is 17.4 Å². The zero-order valence-corrected chi connectivity index (χ0v) is 10.7. The minimum Gasteiger partial charge on any atom is -0.491 e. The number of hydrogen-bond donors (Lipinski definition) is 1. The Morgan fingerprint density at radius 3 is 2.79 bits per heavy atom. The molecule has 0 fully saturated rings. The molecule has 0 bridgehead atoms. The van der Waals surface area contributed by atoms with E-state index in [9.17, 15) is 9.59 Å². The summed E-state index contributed by atoms with van der Waals surface area (Å²) in [7, 11) is 0. The number of ether oxygens (including phenoxy) is 1. The highest BCUT2D eigenvalue weighted by atomic mass is 16.5. The second kappa shape index (κ2) is 5.48. The topological polar surface area (TPSA) is 72.1 Å². The van der Waals surface area contributed by atoms with Crippen LogP contribution in [0.1, 0.15) is 24.2 Å². The van der Waals surface area contributed by atoms with E-state index in [1.807, 2.05) is 38.1 Å². The van der Waals surface area contributed by atoms with E-state index in [0.29, 0.717) is 17.7 Å². The van der Waals surface area contributed by atoms with Crippen LogP contribution in [0.3, 0.4) is 0 Å². The van der Waals surface area contributed by atoms with Crippen LogP contribution in [0.25, 0.3) is 11.3 Å². The summed E-state index contributed by atoms with van der Waals surface area (Å²) in [6.45, 7) is 3.88. The molecule has 0 unspecified atom stereocenters. The summed E-state index contributed by atoms with van der Waals surface area (Å²) >= 11 is 0. The van der Waals surface area contributed by atoms with E-state index in [1.165, 1.54) is 6.07 Å². The van der Waals surface area contributed by atoms with E-state index < -0.39 is 5.56 Å². The quantitative estimate of drug-likeness (QED) is 0.852. The lowest BCUT2D eigenvalue weighted by molar-refractivity contribution is 0.112. The normalized spacial score (nSPS) is 10.5. The van der Waals surface area contributed by atoms with Gasteiger partial charge in [0, 0.05) is 5.56 Å². The maximum Gasteiger partial charge on any atom is 0.274 e. The second-order valence-electron chi connectivity index (χ2n) is 4.35. The number of hydrogen-bond acceptors (Lipinski definition) is 4. The van der Waals surface area contributed by atoms with E-state index in [1.54, 1.807) is 0 Å². The second-order valence-corrected chi connectivity index (χ2v) is 4.35. The number of aromatic nitrogens is 2. The monoisotopic (exact) mass is 258 g/mol. The van der Waals surface area contributed by atoms with Crippen molar-refractivity contribution in [3.63, 3.8) is 0 Å². The van der Waals surface area contributed by atoms with Gasteiger partial charge in [-0.2, -0.15) is 5.10 Å². The highest BCUT2D eigenvalue weighted by molar-refractivity contribution is 5.76. The van der Waals surface area contributed by atoms with E-state index in [0.717, 1.165) is 5.56 Å². The van der Waals surface area contributed by atoms with E-state index in [4.69, 9.17) is 4.74 Å². The number of carbonyl (C=O) groups excluding carboxylic acids is 1. The van der Waals surface area contributed by atoms with Crippen LogP contribution in [0.2, 0.25) is 0 Å². The molecule has 0 radical (unpaired) electrons. The van der Waals surface area contributed by atoms with Gasteiger partial charge in [0.25, 0.3) is 5.56 Å². The van der Waals surface area contributed by atoms with Gasteiger partial charge >= 0.3 is 0 Å². The smallest absolute Gasteiger partial charge is 0.274 e. The first-order valence-electron chi connectivity index (χ1n) is 5.92. The molecular weight excluding hydrogens is 244 g/mol. The third kappa shape index (κ3) is 3.07. The molecule has 19 heavy (non-hydrogen) atoms. The van der Waals surface area contributed by atoms with Crippen molar-refractivity contribution in [3.8, 4) is 17.0 Å². The molecule has 1 heterocycles. The van der Waals surface area contributed by atoms with Gasteiger partial charge in [-0.25, -0.2) is 5.10 Å². The largest absolute Gasteiger partial charge is 0.491 e. The van der Waals surface area contributed by atoms with Crippen LogP contribution in [0.4, 0.5) is 0 Å². The Kier molecular flexibility index (Phi) is 3.75. The first kappa shape index (κ1) is 13.0. The van der Waals surface area contributed by atoms with Crippen LogP contribution in [0.15, 0.2) is 35.1 Å². The molecule has 0 aliphatic heterocycles. The Balaban J connectivity index is 2.41. The molecule has 0 aliphatic carbocycles. The zero-order chi connectivity index (χ0) is 13.8. The molecule has 0 saturated heterocycles. The minimum atomic E-state index is -0.492. The first-order chi connectivity index (χ1) is 9.10. The van der Waals surface area contributed by atoms with Crippen molar-refractivity contribution < 1.29 is 9.53 Å². The van der Waals surface area contributed by atoms with Gasteiger partial charge in [-0.1, -0.05) is 12.1 Å². The van der Waals surface area contributed by atoms with Crippen molar-refractivity contribution in [2.24, 2.45) is 0 Å². The zero-order valence-electron chi connectivity index (χ0n) is 10.7. The van der Waals surface area contributed by atoms with Crippen LogP contribution >= 0.6 is 0 Å². The molecule has 2 rings (SSSR count). The van der Waals surface area contributed by atoms with Gasteiger partial charge in [0.15, 0.2) is 6.29 Å². The van der Waals surface area contributed by atoms with Gasteiger partial charge in [-0.15, -0.1) is 0 Å². The average Bonchev–Trinajstić information content (AvgIpc) is 2.39. The van der Waals surface area contributed by atoms with E-state index in [-0.39, 0.29) is 11.7 Å². The van der Waals surface area contributed by atoms with Crippen LogP contribution < -0.4 is 10.3 Å². The Bertz CT molecular complexity index is 647.